The molecule has 0 aliphatic carbocycles. The van der Waals surface area contributed by atoms with Crippen LogP contribution in [0.5, 0.6) is 0 Å². The highest BCUT2D eigenvalue weighted by molar-refractivity contribution is 7.99. The van der Waals surface area contributed by atoms with Crippen LogP contribution in [-0.4, -0.2) is 37.7 Å². The predicted octanol–water partition coefficient (Wildman–Crippen LogP) is 0.234. The fourth-order valence-electron chi connectivity index (χ4n) is 0.877. The third-order valence-electron chi connectivity index (χ3n) is 1.47. The van der Waals surface area contributed by atoms with Gasteiger partial charge in [-0.1, -0.05) is 0 Å². The lowest BCUT2D eigenvalue weighted by Crippen LogP contribution is -2.24. The first-order valence-corrected chi connectivity index (χ1v) is 5.29. The van der Waals surface area contributed by atoms with Gasteiger partial charge in [0.2, 0.25) is 0 Å². The lowest BCUT2D eigenvalue weighted by molar-refractivity contribution is 0.103. The monoisotopic (exact) mass is 176 g/mol. The van der Waals surface area contributed by atoms with E-state index in [0.29, 0.717) is 0 Å². The zero-order chi connectivity index (χ0) is 7.78. The average molecular weight is 176 g/mol. The van der Waals surface area contributed by atoms with Crippen molar-refractivity contribution < 1.29 is 4.84 Å². The molecule has 66 valence electrons. The minimum Gasteiger partial charge on any atom is -0.315 e. The maximum absolute atomic E-state index is 4.69. The third-order valence-corrected chi connectivity index (χ3v) is 2.46. The molecule has 0 unspecified atom stereocenters. The molecule has 0 bridgehead atoms. The summed E-state index contributed by atoms with van der Waals surface area (Å²) in [5.74, 6) is 2.61. The molecular formula is C7H16N2OS. The molecule has 3 nitrogen and oxygen atoms in total. The van der Waals surface area contributed by atoms with Crippen molar-refractivity contribution in [3.05, 3.63) is 0 Å². The van der Waals surface area contributed by atoms with Crippen LogP contribution in [0.3, 0.4) is 0 Å². The Morgan fingerprint density at radius 1 is 1.09 bits per heavy atom. The van der Waals surface area contributed by atoms with E-state index in [2.05, 4.69) is 10.8 Å². The highest BCUT2D eigenvalue weighted by atomic mass is 32.2. The predicted molar refractivity (Wildman–Crippen MR) is 48.8 cm³/mol. The van der Waals surface area contributed by atoms with Gasteiger partial charge < -0.3 is 10.2 Å². The Kier molecular flexibility index (Phi) is 5.85. The van der Waals surface area contributed by atoms with E-state index in [1.165, 1.54) is 31.0 Å². The van der Waals surface area contributed by atoms with Crippen LogP contribution in [0.1, 0.15) is 6.42 Å². The summed E-state index contributed by atoms with van der Waals surface area (Å²) < 4.78 is 0. The van der Waals surface area contributed by atoms with Crippen LogP contribution in [0.4, 0.5) is 0 Å². The molecule has 11 heavy (non-hydrogen) atoms. The van der Waals surface area contributed by atoms with Gasteiger partial charge in [-0.3, -0.25) is 0 Å². The summed E-state index contributed by atoms with van der Waals surface area (Å²) in [7, 11) is 0. The summed E-state index contributed by atoms with van der Waals surface area (Å²) in [5.41, 5.74) is 2.72. The van der Waals surface area contributed by atoms with Crippen molar-refractivity contribution in [3.8, 4) is 0 Å². The fourth-order valence-corrected chi connectivity index (χ4v) is 1.66. The molecule has 0 radical (unpaired) electrons. The van der Waals surface area contributed by atoms with Crippen molar-refractivity contribution >= 4 is 11.8 Å². The molecule has 0 amide bonds. The van der Waals surface area contributed by atoms with Crippen molar-refractivity contribution in [2.75, 3.05) is 37.7 Å². The molecule has 2 N–H and O–H groups in total. The number of thioether (sulfide) groups is 1. The van der Waals surface area contributed by atoms with Crippen molar-refractivity contribution in [2.24, 2.45) is 0 Å². The van der Waals surface area contributed by atoms with Gasteiger partial charge in [0, 0.05) is 31.1 Å². The summed E-state index contributed by atoms with van der Waals surface area (Å²) in [6.07, 6.45) is 1.17. The molecule has 0 aromatic heterocycles. The van der Waals surface area contributed by atoms with E-state index in [-0.39, 0.29) is 0 Å². The van der Waals surface area contributed by atoms with Crippen molar-refractivity contribution in [1.82, 2.24) is 10.8 Å². The van der Waals surface area contributed by atoms with E-state index >= 15 is 0 Å². The van der Waals surface area contributed by atoms with Crippen molar-refractivity contribution in [2.45, 2.75) is 6.42 Å². The molecule has 2 aliphatic heterocycles. The molecule has 2 heterocycles. The van der Waals surface area contributed by atoms with E-state index in [0.717, 1.165) is 13.2 Å². The minimum absolute atomic E-state index is 0.889. The highest BCUT2D eigenvalue weighted by Gasteiger charge is 1.94. The Morgan fingerprint density at radius 3 is 2.09 bits per heavy atom. The van der Waals surface area contributed by atoms with E-state index in [1.807, 2.05) is 11.8 Å². The van der Waals surface area contributed by atoms with E-state index in [1.54, 1.807) is 0 Å². The lowest BCUT2D eigenvalue weighted by atomic mass is 10.5. The summed E-state index contributed by atoms with van der Waals surface area (Å²) in [6.45, 7) is 4.34. The van der Waals surface area contributed by atoms with Gasteiger partial charge in [-0.15, -0.1) is 0 Å². The topological polar surface area (TPSA) is 33.3 Å². The number of nitrogens with one attached hydrogen (secondary N) is 2. The maximum Gasteiger partial charge on any atom is 0.0695 e. The van der Waals surface area contributed by atoms with Gasteiger partial charge in [-0.05, 0) is 6.42 Å². The van der Waals surface area contributed by atoms with Crippen molar-refractivity contribution in [1.29, 1.82) is 0 Å². The van der Waals surface area contributed by atoms with Crippen LogP contribution in [0, 0.1) is 0 Å². The molecule has 0 aromatic rings. The standard InChI is InChI=1S/C4H9NS.C3H7NO/c1-3-6-4-2-5-1;1-2-4-5-3-1/h5H,1-4H2;4H,1-3H2. The molecule has 2 saturated heterocycles. The van der Waals surface area contributed by atoms with Crippen LogP contribution in [-0.2, 0) is 4.84 Å². The summed E-state index contributed by atoms with van der Waals surface area (Å²) in [5, 5.41) is 3.26. The van der Waals surface area contributed by atoms with Crippen LogP contribution < -0.4 is 10.8 Å². The molecule has 2 fully saturated rings. The van der Waals surface area contributed by atoms with E-state index in [4.69, 9.17) is 4.84 Å². The summed E-state index contributed by atoms with van der Waals surface area (Å²) >= 11 is 2.03. The number of rotatable bonds is 0. The SMILES string of the molecule is C1CNOC1.C1CSCCN1. The number of hydroxylamine groups is 1. The highest BCUT2D eigenvalue weighted by Crippen LogP contribution is 1.99. The second-order valence-electron chi connectivity index (χ2n) is 2.46. The van der Waals surface area contributed by atoms with Gasteiger partial charge in [0.15, 0.2) is 0 Å². The Bertz CT molecular complexity index is 65.4. The van der Waals surface area contributed by atoms with Gasteiger partial charge in [0.1, 0.15) is 0 Å². The summed E-state index contributed by atoms with van der Waals surface area (Å²) in [6, 6.07) is 0. The second-order valence-corrected chi connectivity index (χ2v) is 3.68. The molecule has 0 saturated carbocycles. The first-order valence-electron chi connectivity index (χ1n) is 4.13. The molecule has 4 heteroatoms. The van der Waals surface area contributed by atoms with Gasteiger partial charge in [-0.2, -0.15) is 11.8 Å². The number of hydrogen-bond donors (Lipinski definition) is 2. The molecule has 0 aromatic carbocycles. The van der Waals surface area contributed by atoms with Gasteiger partial charge in [0.25, 0.3) is 0 Å². The quantitative estimate of drug-likeness (QED) is 0.554. The minimum atomic E-state index is 0.889. The normalized spacial score (nSPS) is 24.0. The van der Waals surface area contributed by atoms with Crippen LogP contribution in [0.2, 0.25) is 0 Å². The second kappa shape index (κ2) is 6.91. The Balaban J connectivity index is 0.000000112. The largest absolute Gasteiger partial charge is 0.315 e. The Labute approximate surface area is 72.2 Å². The van der Waals surface area contributed by atoms with Gasteiger partial charge >= 0.3 is 0 Å². The van der Waals surface area contributed by atoms with E-state index in [9.17, 15) is 0 Å². The summed E-state index contributed by atoms with van der Waals surface area (Å²) in [4.78, 5) is 4.69. The first-order chi connectivity index (χ1) is 5.50. The molecule has 2 rings (SSSR count). The first kappa shape index (κ1) is 9.32. The molecule has 2 aliphatic rings. The average Bonchev–Trinajstić information content (AvgIpc) is 2.64. The lowest BCUT2D eigenvalue weighted by Gasteiger charge is -2.08. The Hall–Kier alpha value is 0.230. The molecule has 0 spiro atoms. The molecular weight excluding hydrogens is 160 g/mol. The zero-order valence-corrected chi connectivity index (χ0v) is 7.58. The Morgan fingerprint density at radius 2 is 1.91 bits per heavy atom. The zero-order valence-electron chi connectivity index (χ0n) is 6.77. The molecule has 0 atom stereocenters. The van der Waals surface area contributed by atoms with Crippen LogP contribution in [0.15, 0.2) is 0 Å². The number of hydrogen-bond acceptors (Lipinski definition) is 4. The van der Waals surface area contributed by atoms with E-state index < -0.39 is 0 Å². The van der Waals surface area contributed by atoms with Crippen LogP contribution in [0.25, 0.3) is 0 Å². The van der Waals surface area contributed by atoms with Gasteiger partial charge in [0.05, 0.1) is 6.61 Å². The van der Waals surface area contributed by atoms with Crippen LogP contribution >= 0.6 is 11.8 Å². The van der Waals surface area contributed by atoms with Gasteiger partial charge in [-0.25, -0.2) is 5.48 Å². The fraction of sp³-hybridized carbons (Fsp3) is 1.00. The smallest absolute Gasteiger partial charge is 0.0695 e. The maximum atomic E-state index is 4.69. The van der Waals surface area contributed by atoms with Crippen molar-refractivity contribution in [3.63, 3.8) is 0 Å². The third kappa shape index (κ3) is 5.49.